The number of urea groups is 1. The minimum Gasteiger partial charge on any atom is -0.379 e. The molecule has 296 valence electrons. The van der Waals surface area contributed by atoms with Crippen LogP contribution in [0.4, 0.5) is 4.79 Å². The number of amides is 4. The molecular formula is C46H58N6O4. The lowest BCUT2D eigenvalue weighted by atomic mass is 9.84. The second kappa shape index (κ2) is 17.5. The molecule has 0 aliphatic carbocycles. The molecule has 0 bridgehead atoms. The molecule has 1 saturated heterocycles. The molecule has 7 rings (SSSR count). The van der Waals surface area contributed by atoms with Gasteiger partial charge < -0.3 is 29.7 Å². The Labute approximate surface area is 332 Å². The molecule has 3 aromatic carbocycles. The smallest absolute Gasteiger partial charge is 0.315 e. The van der Waals surface area contributed by atoms with E-state index in [1.807, 2.05) is 67.4 Å². The number of carbonyl (C=O) groups excluding carboxylic acids is 3. The van der Waals surface area contributed by atoms with Gasteiger partial charge in [0.25, 0.3) is 11.8 Å². The maximum atomic E-state index is 15.6. The molecular weight excluding hydrogens is 701 g/mol. The summed E-state index contributed by atoms with van der Waals surface area (Å²) in [7, 11) is 2.00. The van der Waals surface area contributed by atoms with E-state index in [1.54, 1.807) is 4.90 Å². The second-order valence-corrected chi connectivity index (χ2v) is 15.8. The summed E-state index contributed by atoms with van der Waals surface area (Å²) in [6, 6.07) is 23.6. The van der Waals surface area contributed by atoms with Crippen molar-refractivity contribution in [1.29, 1.82) is 0 Å². The first-order valence-electron chi connectivity index (χ1n) is 20.6. The lowest BCUT2D eigenvalue weighted by Crippen LogP contribution is -2.52. The third kappa shape index (κ3) is 8.00. The molecule has 3 aliphatic heterocycles. The number of ether oxygens (including phenoxy) is 1. The molecule has 10 nitrogen and oxygen atoms in total. The van der Waals surface area contributed by atoms with Gasteiger partial charge >= 0.3 is 6.03 Å². The first-order valence-corrected chi connectivity index (χ1v) is 20.6. The predicted octanol–water partition coefficient (Wildman–Crippen LogP) is 6.97. The van der Waals surface area contributed by atoms with Crippen LogP contribution in [0.2, 0.25) is 0 Å². The summed E-state index contributed by atoms with van der Waals surface area (Å²) in [6.45, 7) is 12.5. The highest BCUT2D eigenvalue weighted by atomic mass is 16.5. The third-order valence-electron chi connectivity index (χ3n) is 12.2. The Balaban J connectivity index is 1.38. The van der Waals surface area contributed by atoms with Crippen molar-refractivity contribution in [2.24, 2.45) is 12.8 Å². The summed E-state index contributed by atoms with van der Waals surface area (Å²) in [5, 5.41) is 0. The largest absolute Gasteiger partial charge is 0.379 e. The van der Waals surface area contributed by atoms with Crippen LogP contribution in [0.5, 0.6) is 0 Å². The molecule has 2 N–H and O–H groups in total. The van der Waals surface area contributed by atoms with E-state index >= 15 is 4.79 Å². The second-order valence-electron chi connectivity index (χ2n) is 15.8. The van der Waals surface area contributed by atoms with Crippen molar-refractivity contribution in [1.82, 2.24) is 24.2 Å². The van der Waals surface area contributed by atoms with Crippen LogP contribution in [0.15, 0.2) is 72.8 Å². The first-order chi connectivity index (χ1) is 27.2. The molecule has 2 atom stereocenters. The van der Waals surface area contributed by atoms with Crippen LogP contribution in [0.25, 0.3) is 11.3 Å². The van der Waals surface area contributed by atoms with Gasteiger partial charge in [-0.05, 0) is 78.6 Å². The van der Waals surface area contributed by atoms with E-state index in [4.69, 9.17) is 10.5 Å². The van der Waals surface area contributed by atoms with E-state index in [0.717, 1.165) is 104 Å². The fraction of sp³-hybridized carbons (Fsp3) is 0.457. The van der Waals surface area contributed by atoms with Gasteiger partial charge in [-0.3, -0.25) is 14.5 Å². The van der Waals surface area contributed by atoms with Crippen LogP contribution in [-0.2, 0) is 31.2 Å². The van der Waals surface area contributed by atoms with Crippen molar-refractivity contribution in [3.05, 3.63) is 117 Å². The van der Waals surface area contributed by atoms with Gasteiger partial charge in [0.2, 0.25) is 0 Å². The van der Waals surface area contributed by atoms with E-state index in [2.05, 4.69) is 52.5 Å². The van der Waals surface area contributed by atoms with Crippen molar-refractivity contribution in [2.75, 3.05) is 52.5 Å². The summed E-state index contributed by atoms with van der Waals surface area (Å²) in [6.07, 6.45) is 5.28. The zero-order chi connectivity index (χ0) is 39.3. The van der Waals surface area contributed by atoms with Gasteiger partial charge in [-0.1, -0.05) is 81.3 Å². The van der Waals surface area contributed by atoms with E-state index in [0.29, 0.717) is 43.9 Å². The monoisotopic (exact) mass is 758 g/mol. The van der Waals surface area contributed by atoms with Gasteiger partial charge in [-0.15, -0.1) is 0 Å². The van der Waals surface area contributed by atoms with Gasteiger partial charge in [0.15, 0.2) is 0 Å². The van der Waals surface area contributed by atoms with Crippen molar-refractivity contribution >= 4 is 17.8 Å². The number of rotatable bonds is 12. The topological polar surface area (TPSA) is 104 Å². The number of nitrogens with two attached hydrogens (primary N) is 1. The molecule has 1 aromatic heterocycles. The Morgan fingerprint density at radius 3 is 2.18 bits per heavy atom. The average molecular weight is 759 g/mol. The van der Waals surface area contributed by atoms with E-state index in [9.17, 15) is 9.59 Å². The highest BCUT2D eigenvalue weighted by Crippen LogP contribution is 2.41. The van der Waals surface area contributed by atoms with E-state index in [-0.39, 0.29) is 17.9 Å². The van der Waals surface area contributed by atoms with Crippen molar-refractivity contribution in [3.8, 4) is 11.3 Å². The standard InChI is InChI=1S/C46H58N6O4/c1-5-7-19-50(20-8-6-2)44(53)38-29-42(48(4)32(38)3)40-27-35-18-21-51(46(47)55)43(33-14-10-9-11-15-33)39(35)28-41(40)45(54)52-30-36-17-13-12-16-34(36)26-37(52)31-49-22-24-56-25-23-49/h9-17,27-29,37,43H,5-8,18-26,30-31H2,1-4H3,(H2,47,55)/t37-,43?/m0/s1. The Bertz CT molecular complexity index is 2030. The molecule has 1 unspecified atom stereocenters. The SMILES string of the molecule is CCCCN(CCCC)C(=O)c1cc(-c2cc3c(cc2C(=O)N2Cc4ccccc4C[C@H]2CN2CCOCC2)C(c2ccccc2)N(C(N)=O)CC3)n(C)c1C. The van der Waals surface area contributed by atoms with Gasteiger partial charge in [0.05, 0.1) is 24.8 Å². The molecule has 4 amide bonds. The Morgan fingerprint density at radius 1 is 0.821 bits per heavy atom. The highest BCUT2D eigenvalue weighted by molar-refractivity contribution is 6.03. The van der Waals surface area contributed by atoms with Gasteiger partial charge in [0, 0.05) is 81.4 Å². The molecule has 1 fully saturated rings. The van der Waals surface area contributed by atoms with Gasteiger partial charge in [-0.25, -0.2) is 4.79 Å². The summed E-state index contributed by atoms with van der Waals surface area (Å²) >= 11 is 0. The number of nitrogens with zero attached hydrogens (tertiary/aromatic N) is 5. The number of fused-ring (bicyclic) bond motifs is 2. The molecule has 4 aromatic rings. The van der Waals surface area contributed by atoms with Crippen LogP contribution >= 0.6 is 0 Å². The molecule has 0 saturated carbocycles. The fourth-order valence-corrected chi connectivity index (χ4v) is 8.87. The maximum Gasteiger partial charge on any atom is 0.315 e. The van der Waals surface area contributed by atoms with E-state index in [1.165, 1.54) is 5.56 Å². The third-order valence-corrected chi connectivity index (χ3v) is 12.2. The summed E-state index contributed by atoms with van der Waals surface area (Å²) in [5.41, 5.74) is 15.1. The van der Waals surface area contributed by atoms with Crippen molar-refractivity contribution in [3.63, 3.8) is 0 Å². The highest BCUT2D eigenvalue weighted by Gasteiger charge is 2.37. The summed E-state index contributed by atoms with van der Waals surface area (Å²) in [4.78, 5) is 51.1. The lowest BCUT2D eigenvalue weighted by Gasteiger charge is -2.41. The van der Waals surface area contributed by atoms with Gasteiger partial charge in [0.1, 0.15) is 0 Å². The number of hydrogen-bond acceptors (Lipinski definition) is 5. The number of carbonyl (C=O) groups is 3. The molecule has 3 aliphatic rings. The summed E-state index contributed by atoms with van der Waals surface area (Å²) < 4.78 is 7.76. The lowest BCUT2D eigenvalue weighted by molar-refractivity contribution is 0.0193. The average Bonchev–Trinajstić information content (AvgIpc) is 3.52. The fourth-order valence-electron chi connectivity index (χ4n) is 8.87. The first kappa shape index (κ1) is 39.3. The van der Waals surface area contributed by atoms with Crippen LogP contribution < -0.4 is 5.73 Å². The maximum absolute atomic E-state index is 15.6. The van der Waals surface area contributed by atoms with Gasteiger partial charge in [-0.2, -0.15) is 0 Å². The van der Waals surface area contributed by atoms with Crippen molar-refractivity contribution < 1.29 is 19.1 Å². The quantitative estimate of drug-likeness (QED) is 0.168. The zero-order valence-electron chi connectivity index (χ0n) is 33.6. The number of benzene rings is 3. The molecule has 56 heavy (non-hydrogen) atoms. The summed E-state index contributed by atoms with van der Waals surface area (Å²) in [5.74, 6) is -0.0191. The Morgan fingerprint density at radius 2 is 1.50 bits per heavy atom. The van der Waals surface area contributed by atoms with Crippen LogP contribution in [0, 0.1) is 6.92 Å². The minimum absolute atomic E-state index is 0.0385. The van der Waals surface area contributed by atoms with Crippen molar-refractivity contribution in [2.45, 2.75) is 77.9 Å². The number of hydrogen-bond donors (Lipinski definition) is 1. The number of primary amides is 1. The molecule has 4 heterocycles. The normalized spacial score (nSPS) is 18.4. The molecule has 0 spiro atoms. The Hall–Kier alpha value is -4.93. The number of morpholine rings is 1. The predicted molar refractivity (Wildman–Crippen MR) is 221 cm³/mol. The Kier molecular flexibility index (Phi) is 12.3. The molecule has 0 radical (unpaired) electrons. The molecule has 10 heteroatoms. The number of aromatic nitrogens is 1. The van der Waals surface area contributed by atoms with Crippen LogP contribution in [-0.4, -0.2) is 101 Å². The minimum atomic E-state index is -0.489. The van der Waals surface area contributed by atoms with Crippen LogP contribution in [0.3, 0.4) is 0 Å². The van der Waals surface area contributed by atoms with E-state index < -0.39 is 12.1 Å². The van der Waals surface area contributed by atoms with Crippen LogP contribution in [0.1, 0.15) is 99.8 Å². The number of unbranched alkanes of at least 4 members (excludes halogenated alkanes) is 2. The zero-order valence-corrected chi connectivity index (χ0v) is 33.6.